The van der Waals surface area contributed by atoms with E-state index in [2.05, 4.69) is 41.3 Å². The van der Waals surface area contributed by atoms with Gasteiger partial charge in [-0.15, -0.1) is 0 Å². The summed E-state index contributed by atoms with van der Waals surface area (Å²) in [5.74, 6) is 0.398. The van der Waals surface area contributed by atoms with Crippen LogP contribution in [0, 0.1) is 0 Å². The average molecular weight is 435 g/mol. The van der Waals surface area contributed by atoms with Crippen LogP contribution in [0.25, 0.3) is 0 Å². The van der Waals surface area contributed by atoms with E-state index in [-0.39, 0.29) is 30.3 Å². The van der Waals surface area contributed by atoms with Crippen LogP contribution in [0.3, 0.4) is 0 Å². The quantitative estimate of drug-likeness (QED) is 0.502. The number of carbonyl (C=O) groups excluding carboxylic acids is 1. The first-order chi connectivity index (χ1) is 15.6. The van der Waals surface area contributed by atoms with Gasteiger partial charge in [-0.25, -0.2) is 4.68 Å². The first kappa shape index (κ1) is 23.2. The molecule has 1 aromatic heterocycles. The Morgan fingerprint density at radius 1 is 1.00 bits per heavy atom. The fourth-order valence-corrected chi connectivity index (χ4v) is 3.31. The van der Waals surface area contributed by atoms with Crippen molar-refractivity contribution in [2.75, 3.05) is 19.7 Å². The molecule has 1 amide bonds. The van der Waals surface area contributed by atoms with Gasteiger partial charge in [0.15, 0.2) is 0 Å². The lowest BCUT2D eigenvalue weighted by Crippen LogP contribution is -2.30. The molecule has 2 aromatic carbocycles. The molecule has 32 heavy (non-hydrogen) atoms. The first-order valence-corrected chi connectivity index (χ1v) is 10.9. The Hall–Kier alpha value is -3.45. The third-order valence-electron chi connectivity index (χ3n) is 5.16. The molecule has 1 heterocycles. The molecule has 0 aliphatic rings. The van der Waals surface area contributed by atoms with Gasteiger partial charge in [0.25, 0.3) is 11.5 Å². The summed E-state index contributed by atoms with van der Waals surface area (Å²) in [5.41, 5.74) is 2.16. The number of amides is 1. The van der Waals surface area contributed by atoms with Crippen LogP contribution in [0.4, 0.5) is 0 Å². The van der Waals surface area contributed by atoms with Gasteiger partial charge in [0, 0.05) is 19.2 Å². The monoisotopic (exact) mass is 434 g/mol. The van der Waals surface area contributed by atoms with Crippen molar-refractivity contribution in [1.82, 2.24) is 20.0 Å². The van der Waals surface area contributed by atoms with Crippen molar-refractivity contribution in [3.8, 4) is 5.75 Å². The first-order valence-electron chi connectivity index (χ1n) is 10.9. The maximum atomic E-state index is 12.6. The van der Waals surface area contributed by atoms with Crippen molar-refractivity contribution in [3.05, 3.63) is 93.9 Å². The van der Waals surface area contributed by atoms with Gasteiger partial charge in [0.2, 0.25) is 0 Å². The van der Waals surface area contributed by atoms with Crippen molar-refractivity contribution in [2.24, 2.45) is 0 Å². The Morgan fingerprint density at radius 2 is 1.75 bits per heavy atom. The van der Waals surface area contributed by atoms with E-state index in [0.29, 0.717) is 6.54 Å². The zero-order chi connectivity index (χ0) is 22.8. The van der Waals surface area contributed by atoms with Crippen LogP contribution in [-0.2, 0) is 19.6 Å². The van der Waals surface area contributed by atoms with E-state index >= 15 is 0 Å². The minimum absolute atomic E-state index is 0.198. The van der Waals surface area contributed by atoms with Crippen LogP contribution < -0.4 is 15.6 Å². The minimum Gasteiger partial charge on any atom is -0.492 e. The summed E-state index contributed by atoms with van der Waals surface area (Å²) in [7, 11) is 0. The molecule has 168 valence electrons. The molecule has 0 fully saturated rings. The van der Waals surface area contributed by atoms with Crippen LogP contribution in [0.2, 0.25) is 0 Å². The summed E-state index contributed by atoms with van der Waals surface area (Å²) < 4.78 is 6.87. The van der Waals surface area contributed by atoms with E-state index in [9.17, 15) is 9.59 Å². The summed E-state index contributed by atoms with van der Waals surface area (Å²) >= 11 is 0. The number of para-hydroxylation sites is 1. The Kier molecular flexibility index (Phi) is 8.57. The number of hydrogen-bond donors (Lipinski definition) is 1. The van der Waals surface area contributed by atoms with Gasteiger partial charge in [0.05, 0.1) is 6.54 Å². The zero-order valence-corrected chi connectivity index (χ0v) is 18.7. The molecular formula is C25H30N4O3. The Labute approximate surface area is 188 Å². The standard InChI is InChI=1S/C25H30N4O3/c1-3-28(4-2)19-21-10-8-9-20(17-21)18-26-25(31)23-13-14-24(30)29(27-23)15-16-32-22-11-6-5-7-12-22/h5-14,17H,3-4,15-16,18-19H2,1-2H3,(H,26,31). The van der Waals surface area contributed by atoms with E-state index in [1.165, 1.54) is 22.4 Å². The fraction of sp³-hybridized carbons (Fsp3) is 0.320. The molecule has 3 aromatic rings. The van der Waals surface area contributed by atoms with E-state index in [1.54, 1.807) is 0 Å². The summed E-state index contributed by atoms with van der Waals surface area (Å²) in [4.78, 5) is 27.0. The van der Waals surface area contributed by atoms with Gasteiger partial charge in [-0.3, -0.25) is 14.5 Å². The molecular weight excluding hydrogens is 404 g/mol. The van der Waals surface area contributed by atoms with E-state index in [4.69, 9.17) is 4.74 Å². The van der Waals surface area contributed by atoms with Crippen LogP contribution >= 0.6 is 0 Å². The third-order valence-corrected chi connectivity index (χ3v) is 5.16. The maximum absolute atomic E-state index is 12.6. The minimum atomic E-state index is -0.322. The molecule has 7 nitrogen and oxygen atoms in total. The number of nitrogens with zero attached hydrogens (tertiary/aromatic N) is 3. The molecule has 0 aliphatic carbocycles. The molecule has 0 aliphatic heterocycles. The normalized spacial score (nSPS) is 10.8. The van der Waals surface area contributed by atoms with Crippen LogP contribution in [0.5, 0.6) is 5.75 Å². The van der Waals surface area contributed by atoms with Crippen molar-refractivity contribution in [1.29, 1.82) is 0 Å². The van der Waals surface area contributed by atoms with Crippen LogP contribution in [-0.4, -0.2) is 40.3 Å². The molecule has 1 N–H and O–H groups in total. The summed E-state index contributed by atoms with van der Waals surface area (Å²) in [6.45, 7) is 8.09. The van der Waals surface area contributed by atoms with E-state index in [0.717, 1.165) is 30.9 Å². The lowest BCUT2D eigenvalue weighted by Gasteiger charge is -2.18. The molecule has 0 saturated heterocycles. The molecule has 3 rings (SSSR count). The highest BCUT2D eigenvalue weighted by atomic mass is 16.5. The van der Waals surface area contributed by atoms with Gasteiger partial charge < -0.3 is 10.1 Å². The fourth-order valence-electron chi connectivity index (χ4n) is 3.31. The highest BCUT2D eigenvalue weighted by molar-refractivity contribution is 5.91. The molecule has 0 unspecified atom stereocenters. The number of nitrogens with one attached hydrogen (secondary N) is 1. The lowest BCUT2D eigenvalue weighted by molar-refractivity contribution is 0.0943. The summed E-state index contributed by atoms with van der Waals surface area (Å²) in [5, 5.41) is 7.09. The van der Waals surface area contributed by atoms with E-state index in [1.807, 2.05) is 42.5 Å². The highest BCUT2D eigenvalue weighted by Gasteiger charge is 2.10. The number of carbonyl (C=O) groups is 1. The second-order valence-corrected chi connectivity index (χ2v) is 7.41. The molecule has 0 saturated carbocycles. The number of hydrogen-bond acceptors (Lipinski definition) is 5. The van der Waals surface area contributed by atoms with Crippen molar-refractivity contribution in [3.63, 3.8) is 0 Å². The third kappa shape index (κ3) is 6.78. The number of aromatic nitrogens is 2. The lowest BCUT2D eigenvalue weighted by atomic mass is 10.1. The van der Waals surface area contributed by atoms with Crippen molar-refractivity contribution in [2.45, 2.75) is 33.5 Å². The predicted octanol–water partition coefficient (Wildman–Crippen LogP) is 3.09. The predicted molar refractivity (Wildman–Crippen MR) is 125 cm³/mol. The molecule has 7 heteroatoms. The Bertz CT molecular complexity index is 1060. The Balaban J connectivity index is 1.57. The molecule has 0 spiro atoms. The van der Waals surface area contributed by atoms with Crippen LogP contribution in [0.15, 0.2) is 71.5 Å². The molecule has 0 radical (unpaired) electrons. The van der Waals surface area contributed by atoms with Gasteiger partial charge in [0.1, 0.15) is 18.1 Å². The maximum Gasteiger partial charge on any atom is 0.271 e. The van der Waals surface area contributed by atoms with Crippen molar-refractivity contribution >= 4 is 5.91 Å². The van der Waals surface area contributed by atoms with Crippen LogP contribution in [0.1, 0.15) is 35.5 Å². The summed E-state index contributed by atoms with van der Waals surface area (Å²) in [6, 6.07) is 20.3. The second-order valence-electron chi connectivity index (χ2n) is 7.41. The number of ether oxygens (including phenoxy) is 1. The van der Waals surface area contributed by atoms with Gasteiger partial charge >= 0.3 is 0 Å². The zero-order valence-electron chi connectivity index (χ0n) is 18.7. The number of rotatable bonds is 11. The van der Waals surface area contributed by atoms with Gasteiger partial charge in [-0.1, -0.05) is 56.3 Å². The second kappa shape index (κ2) is 11.8. The molecule has 0 atom stereocenters. The SMILES string of the molecule is CCN(CC)Cc1cccc(CNC(=O)c2ccc(=O)n(CCOc3ccccc3)n2)c1. The Morgan fingerprint density at radius 3 is 2.50 bits per heavy atom. The van der Waals surface area contributed by atoms with E-state index < -0.39 is 0 Å². The average Bonchev–Trinajstić information content (AvgIpc) is 2.83. The smallest absolute Gasteiger partial charge is 0.271 e. The van der Waals surface area contributed by atoms with Crippen molar-refractivity contribution < 1.29 is 9.53 Å². The number of benzene rings is 2. The molecule has 0 bridgehead atoms. The van der Waals surface area contributed by atoms with Gasteiger partial charge in [-0.2, -0.15) is 5.10 Å². The largest absolute Gasteiger partial charge is 0.492 e. The highest BCUT2D eigenvalue weighted by Crippen LogP contribution is 2.09. The summed E-state index contributed by atoms with van der Waals surface area (Å²) in [6.07, 6.45) is 0. The van der Waals surface area contributed by atoms with Gasteiger partial charge in [-0.05, 0) is 42.4 Å². The topological polar surface area (TPSA) is 76.5 Å².